The van der Waals surface area contributed by atoms with Gasteiger partial charge in [0.1, 0.15) is 6.10 Å². The van der Waals surface area contributed by atoms with Crippen molar-refractivity contribution in [1.29, 1.82) is 0 Å². The van der Waals surface area contributed by atoms with Crippen molar-refractivity contribution < 1.29 is 9.53 Å². The SMILES string of the molecule is Cc1ccc(CCNC(=O)[C@@H]2CC[C@H](CN)O2)cc1.Cl. The van der Waals surface area contributed by atoms with Gasteiger partial charge in [0, 0.05) is 13.1 Å². The second-order valence-electron chi connectivity index (χ2n) is 5.09. The molecule has 1 saturated heterocycles. The first kappa shape index (κ1) is 17.0. The fraction of sp³-hybridized carbons (Fsp3) is 0.533. The molecule has 0 radical (unpaired) electrons. The van der Waals surface area contributed by atoms with Gasteiger partial charge in [0.15, 0.2) is 0 Å². The highest BCUT2D eigenvalue weighted by atomic mass is 35.5. The highest BCUT2D eigenvalue weighted by molar-refractivity contribution is 5.85. The number of ether oxygens (including phenoxy) is 1. The van der Waals surface area contributed by atoms with Gasteiger partial charge in [-0.1, -0.05) is 29.8 Å². The van der Waals surface area contributed by atoms with E-state index in [-0.39, 0.29) is 30.5 Å². The third-order valence-electron chi connectivity index (χ3n) is 3.50. The molecule has 1 aliphatic heterocycles. The second kappa shape index (κ2) is 8.25. The first-order chi connectivity index (χ1) is 9.19. The Balaban J connectivity index is 0.00000200. The molecule has 2 rings (SSSR count). The van der Waals surface area contributed by atoms with E-state index in [4.69, 9.17) is 10.5 Å². The van der Waals surface area contributed by atoms with Crippen molar-refractivity contribution in [1.82, 2.24) is 5.32 Å². The van der Waals surface area contributed by atoms with Crippen LogP contribution in [0.3, 0.4) is 0 Å². The third kappa shape index (κ3) is 4.78. The maximum atomic E-state index is 11.9. The molecule has 0 bridgehead atoms. The minimum Gasteiger partial charge on any atom is -0.364 e. The van der Waals surface area contributed by atoms with Gasteiger partial charge in [-0.2, -0.15) is 0 Å². The van der Waals surface area contributed by atoms with Crippen LogP contribution in [0.25, 0.3) is 0 Å². The van der Waals surface area contributed by atoms with Crippen molar-refractivity contribution in [3.63, 3.8) is 0 Å². The fourth-order valence-electron chi connectivity index (χ4n) is 2.27. The van der Waals surface area contributed by atoms with E-state index in [1.54, 1.807) is 0 Å². The number of amides is 1. The Morgan fingerprint density at radius 2 is 2.05 bits per heavy atom. The molecule has 112 valence electrons. The Bertz CT molecular complexity index is 422. The van der Waals surface area contributed by atoms with Crippen molar-refractivity contribution in [3.8, 4) is 0 Å². The second-order valence-corrected chi connectivity index (χ2v) is 5.09. The molecule has 0 aromatic heterocycles. The summed E-state index contributed by atoms with van der Waals surface area (Å²) in [5.74, 6) is -0.0111. The Morgan fingerprint density at radius 3 is 2.65 bits per heavy atom. The molecule has 1 aromatic carbocycles. The van der Waals surface area contributed by atoms with Crippen molar-refractivity contribution in [3.05, 3.63) is 35.4 Å². The van der Waals surface area contributed by atoms with Crippen LogP contribution in [0.5, 0.6) is 0 Å². The number of nitrogens with two attached hydrogens (primary N) is 1. The molecule has 1 aromatic rings. The molecule has 0 spiro atoms. The summed E-state index contributed by atoms with van der Waals surface area (Å²) in [6.07, 6.45) is 2.24. The van der Waals surface area contributed by atoms with Gasteiger partial charge >= 0.3 is 0 Å². The van der Waals surface area contributed by atoms with E-state index in [0.29, 0.717) is 13.1 Å². The number of carbonyl (C=O) groups excluding carboxylic acids is 1. The number of rotatable bonds is 5. The minimum absolute atomic E-state index is 0. The monoisotopic (exact) mass is 298 g/mol. The lowest BCUT2D eigenvalue weighted by Gasteiger charge is -2.12. The molecule has 4 nitrogen and oxygen atoms in total. The summed E-state index contributed by atoms with van der Waals surface area (Å²) in [7, 11) is 0. The summed E-state index contributed by atoms with van der Waals surface area (Å²) >= 11 is 0. The van der Waals surface area contributed by atoms with E-state index in [0.717, 1.165) is 19.3 Å². The van der Waals surface area contributed by atoms with Gasteiger partial charge in [-0.25, -0.2) is 0 Å². The Kier molecular flexibility index (Phi) is 6.99. The maximum Gasteiger partial charge on any atom is 0.249 e. The first-order valence-electron chi connectivity index (χ1n) is 6.88. The molecule has 20 heavy (non-hydrogen) atoms. The Hall–Kier alpha value is -1.10. The Morgan fingerprint density at radius 1 is 1.35 bits per heavy atom. The number of benzene rings is 1. The zero-order valence-corrected chi connectivity index (χ0v) is 12.6. The van der Waals surface area contributed by atoms with E-state index in [1.807, 2.05) is 0 Å². The number of aryl methyl sites for hydroxylation is 1. The summed E-state index contributed by atoms with van der Waals surface area (Å²) in [5, 5.41) is 2.93. The number of hydrogen-bond donors (Lipinski definition) is 2. The molecular weight excluding hydrogens is 276 g/mol. The van der Waals surface area contributed by atoms with Crippen LogP contribution < -0.4 is 11.1 Å². The number of carbonyl (C=O) groups is 1. The predicted molar refractivity (Wildman–Crippen MR) is 82.1 cm³/mol. The summed E-state index contributed by atoms with van der Waals surface area (Å²) in [6.45, 7) is 3.21. The molecule has 3 N–H and O–H groups in total. The average Bonchev–Trinajstić information content (AvgIpc) is 2.90. The van der Waals surface area contributed by atoms with Crippen LogP contribution in [0.1, 0.15) is 24.0 Å². The topological polar surface area (TPSA) is 64.4 Å². The lowest BCUT2D eigenvalue weighted by atomic mass is 10.1. The molecule has 0 saturated carbocycles. The van der Waals surface area contributed by atoms with Crippen LogP contribution in [-0.2, 0) is 16.0 Å². The van der Waals surface area contributed by atoms with E-state index < -0.39 is 0 Å². The van der Waals surface area contributed by atoms with Crippen LogP contribution in [0.15, 0.2) is 24.3 Å². The van der Waals surface area contributed by atoms with E-state index in [1.165, 1.54) is 11.1 Å². The lowest BCUT2D eigenvalue weighted by molar-refractivity contribution is -0.131. The van der Waals surface area contributed by atoms with Gasteiger partial charge in [0.05, 0.1) is 6.10 Å². The zero-order valence-electron chi connectivity index (χ0n) is 11.8. The highest BCUT2D eigenvalue weighted by Crippen LogP contribution is 2.18. The fourth-order valence-corrected chi connectivity index (χ4v) is 2.27. The van der Waals surface area contributed by atoms with E-state index in [2.05, 4.69) is 36.5 Å². The van der Waals surface area contributed by atoms with Gasteiger partial charge in [-0.05, 0) is 31.7 Å². The predicted octanol–water partition coefficient (Wildman–Crippen LogP) is 1.58. The summed E-state index contributed by atoms with van der Waals surface area (Å²) in [5.41, 5.74) is 8.01. The zero-order chi connectivity index (χ0) is 13.7. The molecular formula is C15H23ClN2O2. The normalized spacial score (nSPS) is 21.3. The standard InChI is InChI=1S/C15H22N2O2.ClH/c1-11-2-4-12(5-3-11)8-9-17-15(18)14-7-6-13(10-16)19-14;/h2-5,13-14H,6-10,16H2,1H3,(H,17,18);1H/t13-,14+;/m1./s1. The summed E-state index contributed by atoms with van der Waals surface area (Å²) in [6, 6.07) is 8.36. The molecule has 0 unspecified atom stereocenters. The van der Waals surface area contributed by atoms with Gasteiger partial charge in [0.25, 0.3) is 0 Å². The smallest absolute Gasteiger partial charge is 0.249 e. The van der Waals surface area contributed by atoms with Gasteiger partial charge in [-0.3, -0.25) is 4.79 Å². The van der Waals surface area contributed by atoms with Crippen LogP contribution >= 0.6 is 12.4 Å². The average molecular weight is 299 g/mol. The van der Waals surface area contributed by atoms with Crippen molar-refractivity contribution in [2.75, 3.05) is 13.1 Å². The highest BCUT2D eigenvalue weighted by Gasteiger charge is 2.29. The van der Waals surface area contributed by atoms with Crippen molar-refractivity contribution >= 4 is 18.3 Å². The molecule has 5 heteroatoms. The lowest BCUT2D eigenvalue weighted by Crippen LogP contribution is -2.36. The maximum absolute atomic E-state index is 11.9. The van der Waals surface area contributed by atoms with E-state index >= 15 is 0 Å². The van der Waals surface area contributed by atoms with Crippen LogP contribution in [-0.4, -0.2) is 31.2 Å². The third-order valence-corrected chi connectivity index (χ3v) is 3.50. The number of halogens is 1. The molecule has 0 aliphatic carbocycles. The molecule has 1 fully saturated rings. The number of nitrogens with one attached hydrogen (secondary N) is 1. The molecule has 2 atom stereocenters. The quantitative estimate of drug-likeness (QED) is 0.867. The first-order valence-corrected chi connectivity index (χ1v) is 6.88. The molecule has 1 amide bonds. The number of hydrogen-bond acceptors (Lipinski definition) is 3. The van der Waals surface area contributed by atoms with E-state index in [9.17, 15) is 4.79 Å². The largest absolute Gasteiger partial charge is 0.364 e. The van der Waals surface area contributed by atoms with Gasteiger partial charge in [-0.15, -0.1) is 12.4 Å². The summed E-state index contributed by atoms with van der Waals surface area (Å²) in [4.78, 5) is 11.9. The molecule has 1 heterocycles. The van der Waals surface area contributed by atoms with Gasteiger partial charge in [0.2, 0.25) is 5.91 Å². The molecule has 1 aliphatic rings. The van der Waals surface area contributed by atoms with Crippen molar-refractivity contribution in [2.24, 2.45) is 5.73 Å². The van der Waals surface area contributed by atoms with Gasteiger partial charge < -0.3 is 15.8 Å². The van der Waals surface area contributed by atoms with Crippen LogP contribution in [0.4, 0.5) is 0 Å². The minimum atomic E-state index is -0.313. The summed E-state index contributed by atoms with van der Waals surface area (Å²) < 4.78 is 5.55. The van der Waals surface area contributed by atoms with Crippen LogP contribution in [0, 0.1) is 6.92 Å². The van der Waals surface area contributed by atoms with Crippen molar-refractivity contribution in [2.45, 2.75) is 38.4 Å². The Labute approximate surface area is 126 Å². The van der Waals surface area contributed by atoms with Crippen LogP contribution in [0.2, 0.25) is 0 Å².